The quantitative estimate of drug-likeness (QED) is 0.571. The van der Waals surface area contributed by atoms with Crippen LogP contribution in [0, 0.1) is 17.2 Å². The Hall–Kier alpha value is -2.65. The summed E-state index contributed by atoms with van der Waals surface area (Å²) in [6.07, 6.45) is 2.30. The predicted molar refractivity (Wildman–Crippen MR) is 113 cm³/mol. The zero-order valence-corrected chi connectivity index (χ0v) is 17.5. The molecule has 28 heavy (non-hydrogen) atoms. The Balaban J connectivity index is 2.43. The molecule has 6 heteroatoms. The number of carboxylic acids is 1. The summed E-state index contributed by atoms with van der Waals surface area (Å²) in [6, 6.07) is 14.4. The number of hydrogen-bond acceptors (Lipinski definition) is 5. The first-order chi connectivity index (χ1) is 13.4. The van der Waals surface area contributed by atoms with E-state index in [4.69, 9.17) is 10.00 Å². The first kappa shape index (κ1) is 21.6. The van der Waals surface area contributed by atoms with Gasteiger partial charge in [0, 0.05) is 10.6 Å². The van der Waals surface area contributed by atoms with Crippen LogP contribution in [-0.4, -0.2) is 23.9 Å². The second-order valence-electron chi connectivity index (χ2n) is 6.95. The van der Waals surface area contributed by atoms with Gasteiger partial charge in [-0.2, -0.15) is 5.26 Å². The molecule has 1 unspecified atom stereocenters. The van der Waals surface area contributed by atoms with Gasteiger partial charge in [-0.3, -0.25) is 0 Å². The van der Waals surface area contributed by atoms with E-state index in [-0.39, 0.29) is 0 Å². The van der Waals surface area contributed by atoms with Crippen molar-refractivity contribution in [2.24, 2.45) is 5.92 Å². The first-order valence-electron chi connectivity index (χ1n) is 9.19. The molecule has 0 aliphatic heterocycles. The molecule has 0 aliphatic rings. The molecule has 1 atom stereocenters. The summed E-state index contributed by atoms with van der Waals surface area (Å²) in [5.41, 5.74) is 0.552. The number of hydrogen-bond donors (Lipinski definition) is 2. The maximum atomic E-state index is 12.3. The molecule has 0 heterocycles. The van der Waals surface area contributed by atoms with Crippen LogP contribution in [0.1, 0.15) is 38.3 Å². The van der Waals surface area contributed by atoms with Crippen LogP contribution in [0.25, 0.3) is 0 Å². The fourth-order valence-corrected chi connectivity index (χ4v) is 3.45. The Kier molecular flexibility index (Phi) is 7.36. The zero-order valence-electron chi connectivity index (χ0n) is 16.7. The van der Waals surface area contributed by atoms with Crippen molar-refractivity contribution in [3.63, 3.8) is 0 Å². The van der Waals surface area contributed by atoms with E-state index in [2.05, 4.69) is 25.2 Å². The smallest absolute Gasteiger partial charge is 0.334 e. The zero-order chi connectivity index (χ0) is 20.7. The van der Waals surface area contributed by atoms with Crippen LogP contribution < -0.4 is 10.1 Å². The molecule has 0 fully saturated rings. The highest BCUT2D eigenvalue weighted by molar-refractivity contribution is 7.98. The van der Waals surface area contributed by atoms with Gasteiger partial charge in [-0.15, -0.1) is 11.8 Å². The average Bonchev–Trinajstić information content (AvgIpc) is 2.70. The lowest BCUT2D eigenvalue weighted by atomic mass is 9.86. The lowest BCUT2D eigenvalue weighted by molar-refractivity contribution is -0.142. The maximum absolute atomic E-state index is 12.3. The van der Waals surface area contributed by atoms with Gasteiger partial charge in [0.1, 0.15) is 5.75 Å². The summed E-state index contributed by atoms with van der Waals surface area (Å²) < 4.78 is 5.88. The summed E-state index contributed by atoms with van der Waals surface area (Å²) in [4.78, 5) is 13.2. The monoisotopic (exact) mass is 398 g/mol. The van der Waals surface area contributed by atoms with Crippen LogP contribution in [0.2, 0.25) is 0 Å². The van der Waals surface area contributed by atoms with Crippen LogP contribution >= 0.6 is 11.8 Å². The van der Waals surface area contributed by atoms with Crippen molar-refractivity contribution in [1.82, 2.24) is 0 Å². The lowest BCUT2D eigenvalue weighted by Gasteiger charge is -2.31. The van der Waals surface area contributed by atoms with Crippen molar-refractivity contribution >= 4 is 23.4 Å². The molecule has 0 saturated carbocycles. The summed E-state index contributed by atoms with van der Waals surface area (Å²) in [7, 11) is 0. The summed E-state index contributed by atoms with van der Waals surface area (Å²) in [5, 5.41) is 22.2. The molecule has 148 valence electrons. The van der Waals surface area contributed by atoms with Crippen LogP contribution in [0.4, 0.5) is 5.69 Å². The summed E-state index contributed by atoms with van der Waals surface area (Å²) >= 11 is 1.53. The number of ether oxygens (including phenoxy) is 1. The molecular formula is C22H26N2O3S. The van der Waals surface area contributed by atoms with Gasteiger partial charge in [-0.05, 0) is 60.6 Å². The number of rotatable bonds is 9. The van der Waals surface area contributed by atoms with Crippen molar-refractivity contribution < 1.29 is 14.6 Å². The largest absolute Gasteiger partial charge is 0.492 e. The van der Waals surface area contributed by atoms with E-state index in [1.807, 2.05) is 31.4 Å². The first-order valence-corrected chi connectivity index (χ1v) is 10.4. The molecule has 2 aromatic rings. The third-order valence-corrected chi connectivity index (χ3v) is 5.25. The van der Waals surface area contributed by atoms with Crippen molar-refractivity contribution in [3.05, 3.63) is 53.6 Å². The number of aliphatic carboxylic acids is 1. The molecule has 0 aromatic heterocycles. The minimum atomic E-state index is -1.28. The molecule has 0 radical (unpaired) electrons. The number of carboxylic acid groups (broad SMARTS) is 1. The molecule has 0 aliphatic carbocycles. The highest BCUT2D eigenvalue weighted by Gasteiger charge is 2.39. The topological polar surface area (TPSA) is 82.4 Å². The highest BCUT2D eigenvalue weighted by atomic mass is 32.2. The number of benzene rings is 2. The molecule has 0 spiro atoms. The van der Waals surface area contributed by atoms with E-state index in [0.29, 0.717) is 35.8 Å². The SMILES string of the molecule is CCC(Nc1ccc(C#N)cc1)(C(=O)O)c1ccc(OCC(C)C)c(SC)c1. The van der Waals surface area contributed by atoms with Gasteiger partial charge in [0.15, 0.2) is 5.54 Å². The van der Waals surface area contributed by atoms with E-state index in [1.165, 1.54) is 11.8 Å². The highest BCUT2D eigenvalue weighted by Crippen LogP contribution is 2.36. The minimum absolute atomic E-state index is 0.350. The number of nitrogens with one attached hydrogen (secondary N) is 1. The van der Waals surface area contributed by atoms with Gasteiger partial charge in [-0.1, -0.05) is 26.8 Å². The number of carbonyl (C=O) groups is 1. The number of anilines is 1. The third kappa shape index (κ3) is 4.79. The van der Waals surface area contributed by atoms with Crippen LogP contribution in [-0.2, 0) is 10.3 Å². The fraction of sp³-hybridized carbons (Fsp3) is 0.364. The van der Waals surface area contributed by atoms with E-state index in [0.717, 1.165) is 10.6 Å². The van der Waals surface area contributed by atoms with Gasteiger partial charge in [0.05, 0.1) is 18.2 Å². The minimum Gasteiger partial charge on any atom is -0.492 e. The predicted octanol–water partition coefficient (Wildman–Crippen LogP) is 5.12. The second kappa shape index (κ2) is 9.52. The van der Waals surface area contributed by atoms with Gasteiger partial charge >= 0.3 is 5.97 Å². The standard InChI is InChI=1S/C22H26N2O3S/c1-5-22(21(25)26,24-18-9-6-16(13-23)7-10-18)17-8-11-19(20(12-17)28-4)27-14-15(2)3/h6-12,15,24H,5,14H2,1-4H3,(H,25,26). The van der Waals surface area contributed by atoms with Crippen molar-refractivity contribution in [2.75, 3.05) is 18.2 Å². The second-order valence-corrected chi connectivity index (χ2v) is 7.80. The summed E-state index contributed by atoms with van der Waals surface area (Å²) in [5.74, 6) is 0.210. The van der Waals surface area contributed by atoms with Crippen molar-refractivity contribution in [1.29, 1.82) is 5.26 Å². The molecular weight excluding hydrogens is 372 g/mol. The molecule has 0 bridgehead atoms. The van der Waals surface area contributed by atoms with E-state index >= 15 is 0 Å². The maximum Gasteiger partial charge on any atom is 0.334 e. The van der Waals surface area contributed by atoms with Gasteiger partial charge in [0.2, 0.25) is 0 Å². The van der Waals surface area contributed by atoms with Crippen molar-refractivity contribution in [3.8, 4) is 11.8 Å². The summed E-state index contributed by atoms with van der Waals surface area (Å²) in [6.45, 7) is 6.61. The van der Waals surface area contributed by atoms with Gasteiger partial charge in [0.25, 0.3) is 0 Å². The van der Waals surface area contributed by atoms with Crippen LogP contribution in [0.15, 0.2) is 47.4 Å². The van der Waals surface area contributed by atoms with Crippen molar-refractivity contribution in [2.45, 2.75) is 37.6 Å². The van der Waals surface area contributed by atoms with Gasteiger partial charge < -0.3 is 15.2 Å². The molecule has 2 N–H and O–H groups in total. The number of thioether (sulfide) groups is 1. The van der Waals surface area contributed by atoms with Crippen LogP contribution in [0.3, 0.4) is 0 Å². The van der Waals surface area contributed by atoms with Crippen LogP contribution in [0.5, 0.6) is 5.75 Å². The Morgan fingerprint density at radius 3 is 2.46 bits per heavy atom. The van der Waals surface area contributed by atoms with E-state index < -0.39 is 11.5 Å². The number of nitrogens with zero attached hydrogens (tertiary/aromatic N) is 1. The third-order valence-electron chi connectivity index (χ3n) is 4.50. The molecule has 0 saturated heterocycles. The average molecular weight is 399 g/mol. The Morgan fingerprint density at radius 1 is 1.29 bits per heavy atom. The van der Waals surface area contributed by atoms with E-state index in [9.17, 15) is 9.90 Å². The Bertz CT molecular complexity index is 859. The fourth-order valence-electron chi connectivity index (χ4n) is 2.88. The molecule has 0 amide bonds. The molecule has 5 nitrogen and oxygen atoms in total. The van der Waals surface area contributed by atoms with E-state index in [1.54, 1.807) is 24.3 Å². The normalized spacial score (nSPS) is 12.9. The molecule has 2 rings (SSSR count). The molecule has 2 aromatic carbocycles. The number of nitriles is 1. The Labute approximate surface area is 170 Å². The Morgan fingerprint density at radius 2 is 1.96 bits per heavy atom. The van der Waals surface area contributed by atoms with Gasteiger partial charge in [-0.25, -0.2) is 4.79 Å². The lowest BCUT2D eigenvalue weighted by Crippen LogP contribution is -2.43.